The summed E-state index contributed by atoms with van der Waals surface area (Å²) in [6, 6.07) is 13.7. The number of halogens is 4. The second kappa shape index (κ2) is 6.55. The first-order valence-corrected chi connectivity index (χ1v) is 7.29. The fraction of sp³-hybridized carbons (Fsp3) is 0.200. The maximum absolute atomic E-state index is 12.1. The van der Waals surface area contributed by atoms with Gasteiger partial charge in [0.25, 0.3) is 0 Å². The zero-order chi connectivity index (χ0) is 15.5. The minimum atomic E-state index is -4.66. The maximum atomic E-state index is 12.1. The van der Waals surface area contributed by atoms with Crippen LogP contribution in [0.3, 0.4) is 0 Å². The molecule has 0 radical (unpaired) electrons. The Balaban J connectivity index is 2.04. The lowest BCUT2D eigenvalue weighted by Crippen LogP contribution is -2.17. The van der Waals surface area contributed by atoms with Crippen LogP contribution in [0.5, 0.6) is 5.75 Å². The zero-order valence-corrected chi connectivity index (χ0v) is 13.3. The van der Waals surface area contributed by atoms with Crippen molar-refractivity contribution in [2.45, 2.75) is 19.3 Å². The zero-order valence-electron chi connectivity index (χ0n) is 11.1. The van der Waals surface area contributed by atoms with Gasteiger partial charge in [-0.1, -0.05) is 18.2 Å². The molecule has 2 aromatic carbocycles. The van der Waals surface area contributed by atoms with E-state index >= 15 is 0 Å². The Morgan fingerprint density at radius 2 is 1.76 bits per heavy atom. The van der Waals surface area contributed by atoms with Gasteiger partial charge < -0.3 is 10.1 Å². The van der Waals surface area contributed by atoms with E-state index in [4.69, 9.17) is 0 Å². The first kappa shape index (κ1) is 15.9. The van der Waals surface area contributed by atoms with E-state index in [9.17, 15) is 13.2 Å². The minimum absolute atomic E-state index is 0.0249. The van der Waals surface area contributed by atoms with E-state index in [0.29, 0.717) is 0 Å². The van der Waals surface area contributed by atoms with E-state index in [1.54, 1.807) is 12.1 Å². The van der Waals surface area contributed by atoms with Crippen LogP contribution in [-0.2, 0) is 0 Å². The SMILES string of the molecule is CC(Nc1cccc(I)c1)c1ccc(OC(F)(F)F)cc1. The summed E-state index contributed by atoms with van der Waals surface area (Å²) >= 11 is 2.22. The van der Waals surface area contributed by atoms with Crippen molar-refractivity contribution in [3.8, 4) is 5.75 Å². The van der Waals surface area contributed by atoms with Crippen LogP contribution in [0.1, 0.15) is 18.5 Å². The van der Waals surface area contributed by atoms with Crippen molar-refractivity contribution in [1.82, 2.24) is 0 Å². The van der Waals surface area contributed by atoms with Gasteiger partial charge in [0.15, 0.2) is 0 Å². The molecule has 0 aliphatic rings. The maximum Gasteiger partial charge on any atom is 0.573 e. The second-order valence-corrected chi connectivity index (χ2v) is 5.74. The van der Waals surface area contributed by atoms with Gasteiger partial charge in [-0.3, -0.25) is 0 Å². The Morgan fingerprint density at radius 1 is 1.10 bits per heavy atom. The minimum Gasteiger partial charge on any atom is -0.406 e. The Hall–Kier alpha value is -1.44. The van der Waals surface area contributed by atoms with E-state index in [-0.39, 0.29) is 11.8 Å². The fourth-order valence-electron chi connectivity index (χ4n) is 1.87. The summed E-state index contributed by atoms with van der Waals surface area (Å²) in [7, 11) is 0. The van der Waals surface area contributed by atoms with E-state index in [0.717, 1.165) is 14.8 Å². The molecule has 0 bridgehead atoms. The smallest absolute Gasteiger partial charge is 0.406 e. The van der Waals surface area contributed by atoms with E-state index in [1.807, 2.05) is 31.2 Å². The van der Waals surface area contributed by atoms with Gasteiger partial charge >= 0.3 is 6.36 Å². The molecule has 2 rings (SSSR count). The van der Waals surface area contributed by atoms with Gasteiger partial charge in [0.2, 0.25) is 0 Å². The highest BCUT2D eigenvalue weighted by molar-refractivity contribution is 14.1. The number of hydrogen-bond acceptors (Lipinski definition) is 2. The van der Waals surface area contributed by atoms with E-state index < -0.39 is 6.36 Å². The van der Waals surface area contributed by atoms with Crippen LogP contribution in [0, 0.1) is 3.57 Å². The van der Waals surface area contributed by atoms with Crippen LogP contribution in [0.4, 0.5) is 18.9 Å². The van der Waals surface area contributed by atoms with Crippen LogP contribution in [0.2, 0.25) is 0 Å². The molecular formula is C15H13F3INO. The molecule has 2 nitrogen and oxygen atoms in total. The predicted octanol–water partition coefficient (Wildman–Crippen LogP) is 5.36. The second-order valence-electron chi connectivity index (χ2n) is 4.49. The van der Waals surface area contributed by atoms with Crippen molar-refractivity contribution in [2.24, 2.45) is 0 Å². The number of rotatable bonds is 4. The summed E-state index contributed by atoms with van der Waals surface area (Å²) in [6.45, 7) is 1.94. The summed E-state index contributed by atoms with van der Waals surface area (Å²) < 4.78 is 41.2. The molecule has 0 aliphatic carbocycles. The van der Waals surface area contributed by atoms with Gasteiger partial charge in [-0.05, 0) is 65.4 Å². The average Bonchev–Trinajstić information content (AvgIpc) is 2.37. The number of nitrogens with one attached hydrogen (secondary N) is 1. The quantitative estimate of drug-likeness (QED) is 0.689. The van der Waals surface area contributed by atoms with Crippen molar-refractivity contribution in [1.29, 1.82) is 0 Å². The van der Waals surface area contributed by atoms with Gasteiger partial charge in [0, 0.05) is 15.3 Å². The fourth-order valence-corrected chi connectivity index (χ4v) is 2.41. The lowest BCUT2D eigenvalue weighted by atomic mass is 10.1. The molecule has 6 heteroatoms. The number of hydrogen-bond donors (Lipinski definition) is 1. The Kier molecular flexibility index (Phi) is 4.97. The average molecular weight is 407 g/mol. The molecule has 0 heterocycles. The molecule has 1 atom stereocenters. The Labute approximate surface area is 134 Å². The van der Waals surface area contributed by atoms with Gasteiger partial charge in [0.1, 0.15) is 5.75 Å². The number of benzene rings is 2. The van der Waals surface area contributed by atoms with Gasteiger partial charge in [-0.25, -0.2) is 0 Å². The monoisotopic (exact) mass is 407 g/mol. The molecule has 0 amide bonds. The third-order valence-electron chi connectivity index (χ3n) is 2.82. The van der Waals surface area contributed by atoms with E-state index in [2.05, 4.69) is 32.6 Å². The summed E-state index contributed by atoms with van der Waals surface area (Å²) in [4.78, 5) is 0. The molecule has 0 aliphatic heterocycles. The third-order valence-corrected chi connectivity index (χ3v) is 3.49. The normalized spacial score (nSPS) is 12.8. The highest BCUT2D eigenvalue weighted by Gasteiger charge is 2.30. The number of anilines is 1. The summed E-state index contributed by atoms with van der Waals surface area (Å²) in [5.41, 5.74) is 1.84. The molecule has 1 N–H and O–H groups in total. The molecule has 0 spiro atoms. The van der Waals surface area contributed by atoms with Gasteiger partial charge in [0.05, 0.1) is 0 Å². The topological polar surface area (TPSA) is 21.3 Å². The molecule has 112 valence electrons. The van der Waals surface area contributed by atoms with Crippen LogP contribution in [-0.4, -0.2) is 6.36 Å². The largest absolute Gasteiger partial charge is 0.573 e. The number of alkyl halides is 3. The third kappa shape index (κ3) is 5.11. The Morgan fingerprint density at radius 3 is 2.33 bits per heavy atom. The number of ether oxygens (including phenoxy) is 1. The first-order chi connectivity index (χ1) is 9.83. The highest BCUT2D eigenvalue weighted by Crippen LogP contribution is 2.26. The van der Waals surface area contributed by atoms with Crippen molar-refractivity contribution in [2.75, 3.05) is 5.32 Å². The molecule has 0 fully saturated rings. The van der Waals surface area contributed by atoms with Crippen molar-refractivity contribution in [3.63, 3.8) is 0 Å². The van der Waals surface area contributed by atoms with Gasteiger partial charge in [-0.2, -0.15) is 0 Å². The molecule has 21 heavy (non-hydrogen) atoms. The van der Waals surface area contributed by atoms with Crippen molar-refractivity contribution >= 4 is 28.3 Å². The van der Waals surface area contributed by atoms with Crippen LogP contribution in [0.25, 0.3) is 0 Å². The lowest BCUT2D eigenvalue weighted by molar-refractivity contribution is -0.274. The summed E-state index contributed by atoms with van der Waals surface area (Å²) in [6.07, 6.45) is -4.66. The Bertz CT molecular complexity index is 599. The van der Waals surface area contributed by atoms with Crippen molar-refractivity contribution < 1.29 is 17.9 Å². The highest BCUT2D eigenvalue weighted by atomic mass is 127. The van der Waals surface area contributed by atoms with Crippen LogP contribution >= 0.6 is 22.6 Å². The van der Waals surface area contributed by atoms with E-state index in [1.165, 1.54) is 12.1 Å². The van der Waals surface area contributed by atoms with Crippen molar-refractivity contribution in [3.05, 3.63) is 57.7 Å². The molecule has 1 unspecified atom stereocenters. The molecule has 0 aromatic heterocycles. The molecule has 2 aromatic rings. The summed E-state index contributed by atoms with van der Waals surface area (Å²) in [5.74, 6) is -0.215. The van der Waals surface area contributed by atoms with Crippen LogP contribution < -0.4 is 10.1 Å². The van der Waals surface area contributed by atoms with Crippen LogP contribution in [0.15, 0.2) is 48.5 Å². The lowest BCUT2D eigenvalue weighted by Gasteiger charge is -2.16. The summed E-state index contributed by atoms with van der Waals surface area (Å²) in [5, 5.41) is 3.30. The standard InChI is InChI=1S/C15H13F3INO/c1-10(20-13-4-2-3-12(19)9-13)11-5-7-14(8-6-11)21-15(16,17)18/h2-10,20H,1H3. The predicted molar refractivity (Wildman–Crippen MR) is 84.3 cm³/mol. The molecule has 0 saturated heterocycles. The van der Waals surface area contributed by atoms with Gasteiger partial charge in [-0.15, -0.1) is 13.2 Å². The molecular weight excluding hydrogens is 394 g/mol. The first-order valence-electron chi connectivity index (χ1n) is 6.21. The molecule has 0 saturated carbocycles.